The van der Waals surface area contributed by atoms with Gasteiger partial charge in [0.2, 0.25) is 0 Å². The Kier molecular flexibility index (Phi) is 5.74. The number of hydrogen-bond donors (Lipinski definition) is 0. The van der Waals surface area contributed by atoms with Crippen LogP contribution in [0.4, 0.5) is 0 Å². The molecule has 0 aromatic rings. The van der Waals surface area contributed by atoms with E-state index in [-0.39, 0.29) is 0 Å². The van der Waals surface area contributed by atoms with Gasteiger partial charge in [0.1, 0.15) is 0 Å². The van der Waals surface area contributed by atoms with Crippen molar-refractivity contribution in [3.05, 3.63) is 11.8 Å². The van der Waals surface area contributed by atoms with Gasteiger partial charge in [-0.2, -0.15) is 0 Å². The molecule has 1 atom stereocenters. The first-order chi connectivity index (χ1) is 9.16. The van der Waals surface area contributed by atoms with E-state index in [1.54, 1.807) is 0 Å². The Balaban J connectivity index is 1.59. The molecule has 1 saturated heterocycles. The molecule has 1 aliphatic heterocycles. The van der Waals surface area contributed by atoms with Gasteiger partial charge in [-0.15, -0.1) is 0 Å². The molecule has 0 spiro atoms. The molecule has 19 heavy (non-hydrogen) atoms. The summed E-state index contributed by atoms with van der Waals surface area (Å²) in [5.41, 5.74) is 1.45. The molecule has 0 N–H and O–H groups in total. The monoisotopic (exact) mass is 286 g/mol. The highest BCUT2D eigenvalue weighted by atomic mass is 32.2. The van der Waals surface area contributed by atoms with E-state index in [1.165, 1.54) is 37.7 Å². The van der Waals surface area contributed by atoms with Gasteiger partial charge in [-0.05, 0) is 62.9 Å². The standard InChI is InChI=1S/C15H26O3S/c16-19(17)11-5-9-15(13-19)8-4-10-18-12-14-6-2-1-3-7-14/h12,15H,1-11,13H2. The van der Waals surface area contributed by atoms with Crippen molar-refractivity contribution in [3.8, 4) is 0 Å². The summed E-state index contributed by atoms with van der Waals surface area (Å²) in [7, 11) is -2.74. The molecule has 2 fully saturated rings. The van der Waals surface area contributed by atoms with Crippen LogP contribution in [0.3, 0.4) is 0 Å². The lowest BCUT2D eigenvalue weighted by Gasteiger charge is -2.21. The predicted octanol–water partition coefficient (Wildman–Crippen LogP) is 3.46. The molecule has 4 heteroatoms. The summed E-state index contributed by atoms with van der Waals surface area (Å²) in [5, 5.41) is 0. The minimum absolute atomic E-state index is 0.365. The lowest BCUT2D eigenvalue weighted by molar-refractivity contribution is 0.227. The Labute approximate surface area is 117 Å². The molecule has 1 heterocycles. The highest BCUT2D eigenvalue weighted by molar-refractivity contribution is 7.91. The molecular weight excluding hydrogens is 260 g/mol. The van der Waals surface area contributed by atoms with Crippen LogP contribution in [-0.2, 0) is 14.6 Å². The summed E-state index contributed by atoms with van der Waals surface area (Å²) < 4.78 is 28.6. The van der Waals surface area contributed by atoms with Gasteiger partial charge >= 0.3 is 0 Å². The van der Waals surface area contributed by atoms with Crippen molar-refractivity contribution in [2.45, 2.75) is 57.8 Å². The minimum atomic E-state index is -2.74. The van der Waals surface area contributed by atoms with Crippen LogP contribution in [0, 0.1) is 5.92 Å². The molecule has 0 aromatic carbocycles. The highest BCUT2D eigenvalue weighted by Crippen LogP contribution is 2.24. The summed E-state index contributed by atoms with van der Waals surface area (Å²) in [6, 6.07) is 0. The lowest BCUT2D eigenvalue weighted by atomic mass is 9.96. The van der Waals surface area contributed by atoms with Crippen LogP contribution >= 0.6 is 0 Å². The van der Waals surface area contributed by atoms with Crippen LogP contribution in [0.25, 0.3) is 0 Å². The second kappa shape index (κ2) is 7.32. The Hall–Kier alpha value is -0.510. The molecule has 2 aliphatic rings. The minimum Gasteiger partial charge on any atom is -0.501 e. The van der Waals surface area contributed by atoms with Crippen molar-refractivity contribution in [3.63, 3.8) is 0 Å². The maximum atomic E-state index is 11.5. The van der Waals surface area contributed by atoms with E-state index in [0.29, 0.717) is 17.4 Å². The molecule has 110 valence electrons. The van der Waals surface area contributed by atoms with Gasteiger partial charge in [0.25, 0.3) is 0 Å². The summed E-state index contributed by atoms with van der Waals surface area (Å²) in [5.74, 6) is 1.16. The third-order valence-electron chi connectivity index (χ3n) is 4.18. The van der Waals surface area contributed by atoms with Crippen molar-refractivity contribution >= 4 is 9.84 Å². The smallest absolute Gasteiger partial charge is 0.150 e. The van der Waals surface area contributed by atoms with Crippen molar-refractivity contribution in [1.29, 1.82) is 0 Å². The Morgan fingerprint density at radius 1 is 1.16 bits per heavy atom. The van der Waals surface area contributed by atoms with E-state index in [0.717, 1.165) is 32.3 Å². The van der Waals surface area contributed by atoms with Crippen molar-refractivity contribution in [1.82, 2.24) is 0 Å². The number of hydrogen-bond acceptors (Lipinski definition) is 3. The van der Waals surface area contributed by atoms with Gasteiger partial charge in [-0.3, -0.25) is 0 Å². The molecular formula is C15H26O3S. The molecule has 1 unspecified atom stereocenters. The maximum absolute atomic E-state index is 11.5. The molecule has 1 saturated carbocycles. The van der Waals surface area contributed by atoms with Gasteiger partial charge in [0.05, 0.1) is 24.4 Å². The fourth-order valence-electron chi connectivity index (χ4n) is 3.10. The van der Waals surface area contributed by atoms with Crippen LogP contribution in [-0.4, -0.2) is 26.5 Å². The summed E-state index contributed by atoms with van der Waals surface area (Å²) in [4.78, 5) is 0. The van der Waals surface area contributed by atoms with Gasteiger partial charge in [-0.1, -0.05) is 6.42 Å². The lowest BCUT2D eigenvalue weighted by Crippen LogP contribution is -2.25. The van der Waals surface area contributed by atoms with Crippen LogP contribution in [0.15, 0.2) is 11.8 Å². The van der Waals surface area contributed by atoms with E-state index in [4.69, 9.17) is 4.74 Å². The van der Waals surface area contributed by atoms with Gasteiger partial charge in [0.15, 0.2) is 9.84 Å². The van der Waals surface area contributed by atoms with Gasteiger partial charge in [0, 0.05) is 0 Å². The third-order valence-corrected chi connectivity index (χ3v) is 6.07. The molecule has 3 nitrogen and oxygen atoms in total. The zero-order valence-electron chi connectivity index (χ0n) is 11.8. The van der Waals surface area contributed by atoms with Crippen LogP contribution < -0.4 is 0 Å². The van der Waals surface area contributed by atoms with E-state index in [1.807, 2.05) is 6.26 Å². The second-order valence-corrected chi connectivity index (χ2v) is 8.20. The van der Waals surface area contributed by atoms with Crippen LogP contribution in [0.2, 0.25) is 0 Å². The highest BCUT2D eigenvalue weighted by Gasteiger charge is 2.24. The van der Waals surface area contributed by atoms with Crippen LogP contribution in [0.5, 0.6) is 0 Å². The average Bonchev–Trinajstić information content (AvgIpc) is 2.38. The Bertz CT molecular complexity index is 390. The summed E-state index contributed by atoms with van der Waals surface area (Å²) >= 11 is 0. The van der Waals surface area contributed by atoms with E-state index in [2.05, 4.69) is 0 Å². The first kappa shape index (κ1) is 14.9. The zero-order chi connectivity index (χ0) is 13.6. The number of allylic oxidation sites excluding steroid dienone is 1. The van der Waals surface area contributed by atoms with Crippen LogP contribution in [0.1, 0.15) is 57.8 Å². The maximum Gasteiger partial charge on any atom is 0.150 e. The summed E-state index contributed by atoms with van der Waals surface area (Å²) in [6.45, 7) is 0.736. The van der Waals surface area contributed by atoms with Crippen molar-refractivity contribution in [2.75, 3.05) is 18.1 Å². The average molecular weight is 286 g/mol. The molecule has 0 bridgehead atoms. The molecule has 0 radical (unpaired) electrons. The second-order valence-electron chi connectivity index (χ2n) is 5.97. The number of sulfone groups is 1. The quantitative estimate of drug-likeness (QED) is 0.574. The van der Waals surface area contributed by atoms with Crippen molar-refractivity contribution < 1.29 is 13.2 Å². The zero-order valence-corrected chi connectivity index (χ0v) is 12.6. The number of ether oxygens (including phenoxy) is 1. The molecule has 1 aliphatic carbocycles. The SMILES string of the molecule is O=S1(=O)CCCC(CCCOC=C2CCCCC2)C1. The Morgan fingerprint density at radius 2 is 1.95 bits per heavy atom. The topological polar surface area (TPSA) is 43.4 Å². The Morgan fingerprint density at radius 3 is 2.68 bits per heavy atom. The summed E-state index contributed by atoms with van der Waals surface area (Å²) in [6.07, 6.45) is 12.2. The molecule has 0 amide bonds. The van der Waals surface area contributed by atoms with E-state index in [9.17, 15) is 8.42 Å². The third kappa shape index (κ3) is 5.55. The van der Waals surface area contributed by atoms with Gasteiger partial charge < -0.3 is 4.74 Å². The number of rotatable bonds is 5. The van der Waals surface area contributed by atoms with E-state index >= 15 is 0 Å². The fraction of sp³-hybridized carbons (Fsp3) is 0.867. The molecule has 0 aromatic heterocycles. The predicted molar refractivity (Wildman–Crippen MR) is 77.7 cm³/mol. The largest absolute Gasteiger partial charge is 0.501 e. The normalized spacial score (nSPS) is 26.9. The van der Waals surface area contributed by atoms with E-state index < -0.39 is 9.84 Å². The van der Waals surface area contributed by atoms with Crippen molar-refractivity contribution in [2.24, 2.45) is 5.92 Å². The molecule has 2 rings (SSSR count). The fourth-order valence-corrected chi connectivity index (χ4v) is 4.93. The first-order valence-corrected chi connectivity index (χ1v) is 9.48. The first-order valence-electron chi connectivity index (χ1n) is 7.66. The van der Waals surface area contributed by atoms with Gasteiger partial charge in [-0.25, -0.2) is 8.42 Å².